The van der Waals surface area contributed by atoms with Crippen LogP contribution in [0.2, 0.25) is 0 Å². The van der Waals surface area contributed by atoms with E-state index in [1.807, 2.05) is 13.0 Å². The molecular weight excluding hydrogens is 424 g/mol. The van der Waals surface area contributed by atoms with Crippen molar-refractivity contribution in [3.05, 3.63) is 94.5 Å². The van der Waals surface area contributed by atoms with E-state index < -0.39 is 10.0 Å². The first-order chi connectivity index (χ1) is 15.4. The van der Waals surface area contributed by atoms with Crippen molar-refractivity contribution >= 4 is 27.5 Å². The molecule has 2 heterocycles. The number of fused-ring (bicyclic) bond motifs is 2. The lowest BCUT2D eigenvalue weighted by Crippen LogP contribution is -2.35. The number of sulfonamides is 1. The zero-order valence-corrected chi connectivity index (χ0v) is 18.4. The Hall–Kier alpha value is -3.45. The molecule has 2 aliphatic rings. The van der Waals surface area contributed by atoms with Gasteiger partial charge in [-0.05, 0) is 61.2 Å². The standard InChI is InChI=1S/C25H22N2O4S/c1-17-8-11-20(12-9-17)32(30,31)27-14-4-5-19-15-18(10-13-23(19)27)16-26-24(28)21-6-2-3-7-22(21)25(26)29/h2-3,6-13,15H,4-5,14,16H2,1H3. The van der Waals surface area contributed by atoms with Gasteiger partial charge in [-0.1, -0.05) is 42.0 Å². The fourth-order valence-electron chi connectivity index (χ4n) is 4.37. The summed E-state index contributed by atoms with van der Waals surface area (Å²) >= 11 is 0. The van der Waals surface area contributed by atoms with Crippen LogP contribution < -0.4 is 4.31 Å². The van der Waals surface area contributed by atoms with Gasteiger partial charge in [0, 0.05) is 6.54 Å². The number of aryl methyl sites for hydroxylation is 2. The highest BCUT2D eigenvalue weighted by molar-refractivity contribution is 7.92. The first-order valence-electron chi connectivity index (χ1n) is 10.5. The Labute approximate surface area is 187 Å². The molecule has 0 radical (unpaired) electrons. The van der Waals surface area contributed by atoms with Crippen LogP contribution in [0.15, 0.2) is 71.6 Å². The molecule has 0 spiro atoms. The molecule has 162 valence electrons. The molecule has 0 fully saturated rings. The van der Waals surface area contributed by atoms with E-state index in [0.29, 0.717) is 29.8 Å². The quantitative estimate of drug-likeness (QED) is 0.569. The molecule has 0 aromatic heterocycles. The fourth-order valence-corrected chi connectivity index (χ4v) is 5.91. The molecule has 0 bridgehead atoms. The minimum Gasteiger partial charge on any atom is -0.270 e. The third-order valence-corrected chi connectivity index (χ3v) is 7.88. The number of rotatable bonds is 4. The van der Waals surface area contributed by atoms with Gasteiger partial charge in [-0.2, -0.15) is 0 Å². The number of amides is 2. The monoisotopic (exact) mass is 446 g/mol. The maximum Gasteiger partial charge on any atom is 0.264 e. The van der Waals surface area contributed by atoms with Crippen LogP contribution in [0.4, 0.5) is 5.69 Å². The Morgan fingerprint density at radius 1 is 0.875 bits per heavy atom. The minimum absolute atomic E-state index is 0.157. The van der Waals surface area contributed by atoms with Gasteiger partial charge in [-0.3, -0.25) is 18.8 Å². The average molecular weight is 447 g/mol. The number of hydrogen-bond donors (Lipinski definition) is 0. The van der Waals surface area contributed by atoms with Crippen molar-refractivity contribution in [3.8, 4) is 0 Å². The highest BCUT2D eigenvalue weighted by Gasteiger charge is 2.35. The summed E-state index contributed by atoms with van der Waals surface area (Å²) in [6.45, 7) is 2.49. The van der Waals surface area contributed by atoms with E-state index in [1.165, 1.54) is 9.21 Å². The van der Waals surface area contributed by atoms with Crippen LogP contribution >= 0.6 is 0 Å². The lowest BCUT2D eigenvalue weighted by atomic mass is 10.0. The first kappa shape index (κ1) is 20.5. The third kappa shape index (κ3) is 3.29. The first-order valence-corrected chi connectivity index (χ1v) is 12.0. The Balaban J connectivity index is 1.44. The van der Waals surface area contributed by atoms with Crippen LogP contribution in [-0.4, -0.2) is 31.7 Å². The SMILES string of the molecule is Cc1ccc(S(=O)(=O)N2CCCc3cc(CN4C(=O)c5ccccc5C4=O)ccc32)cc1. The maximum atomic E-state index is 13.3. The van der Waals surface area contributed by atoms with E-state index in [0.717, 1.165) is 23.1 Å². The maximum absolute atomic E-state index is 13.3. The van der Waals surface area contributed by atoms with Crippen LogP contribution in [-0.2, 0) is 23.0 Å². The average Bonchev–Trinajstić information content (AvgIpc) is 3.04. The van der Waals surface area contributed by atoms with Crippen LogP contribution in [0.1, 0.15) is 43.8 Å². The molecule has 3 aromatic rings. The number of imide groups is 1. The van der Waals surface area contributed by atoms with Crippen LogP contribution in [0.5, 0.6) is 0 Å². The van der Waals surface area contributed by atoms with Crippen molar-refractivity contribution in [2.24, 2.45) is 0 Å². The molecule has 0 atom stereocenters. The van der Waals surface area contributed by atoms with Crippen molar-refractivity contribution in [1.29, 1.82) is 0 Å². The van der Waals surface area contributed by atoms with Crippen molar-refractivity contribution in [2.45, 2.75) is 31.2 Å². The Kier molecular flexibility index (Phi) is 4.86. The number of nitrogens with zero attached hydrogens (tertiary/aromatic N) is 2. The summed E-state index contributed by atoms with van der Waals surface area (Å²) in [5.74, 6) is -0.598. The highest BCUT2D eigenvalue weighted by atomic mass is 32.2. The number of carbonyl (C=O) groups is 2. The summed E-state index contributed by atoms with van der Waals surface area (Å²) in [6, 6.07) is 19.2. The zero-order valence-electron chi connectivity index (χ0n) is 17.6. The predicted molar refractivity (Wildman–Crippen MR) is 121 cm³/mol. The third-order valence-electron chi connectivity index (χ3n) is 6.05. The number of benzene rings is 3. The summed E-state index contributed by atoms with van der Waals surface area (Å²) in [7, 11) is -3.67. The second kappa shape index (κ2) is 7.60. The molecule has 0 saturated carbocycles. The molecule has 3 aromatic carbocycles. The predicted octanol–water partition coefficient (Wildman–Crippen LogP) is 3.93. The van der Waals surface area contributed by atoms with Gasteiger partial charge in [0.05, 0.1) is 28.3 Å². The molecule has 2 amide bonds. The number of hydrogen-bond acceptors (Lipinski definition) is 4. The van der Waals surface area contributed by atoms with Crippen LogP contribution in [0.3, 0.4) is 0 Å². The van der Waals surface area contributed by atoms with E-state index in [4.69, 9.17) is 0 Å². The lowest BCUT2D eigenvalue weighted by molar-refractivity contribution is 0.0642. The van der Waals surface area contributed by atoms with Crippen molar-refractivity contribution in [1.82, 2.24) is 4.90 Å². The molecule has 2 aliphatic heterocycles. The fraction of sp³-hybridized carbons (Fsp3) is 0.200. The second-order valence-corrected chi connectivity index (χ2v) is 10.1. The Morgan fingerprint density at radius 2 is 1.53 bits per heavy atom. The zero-order chi connectivity index (χ0) is 22.5. The van der Waals surface area contributed by atoms with E-state index in [9.17, 15) is 18.0 Å². The van der Waals surface area contributed by atoms with Gasteiger partial charge in [-0.25, -0.2) is 8.42 Å². The lowest BCUT2D eigenvalue weighted by Gasteiger charge is -2.31. The van der Waals surface area contributed by atoms with Crippen LogP contribution in [0.25, 0.3) is 0 Å². The van der Waals surface area contributed by atoms with E-state index in [2.05, 4.69) is 0 Å². The van der Waals surface area contributed by atoms with Crippen LogP contribution in [0, 0.1) is 6.92 Å². The molecule has 0 unspecified atom stereocenters. The minimum atomic E-state index is -3.67. The van der Waals surface area contributed by atoms with Gasteiger partial charge in [0.25, 0.3) is 21.8 Å². The molecule has 0 saturated heterocycles. The van der Waals surface area contributed by atoms with Gasteiger partial charge in [0.1, 0.15) is 0 Å². The molecular formula is C25H22N2O4S. The molecule has 7 heteroatoms. The second-order valence-electron chi connectivity index (χ2n) is 8.20. The van der Waals surface area contributed by atoms with Gasteiger partial charge in [-0.15, -0.1) is 0 Å². The van der Waals surface area contributed by atoms with Gasteiger partial charge >= 0.3 is 0 Å². The van der Waals surface area contributed by atoms with Crippen molar-refractivity contribution in [2.75, 3.05) is 10.8 Å². The number of anilines is 1. The molecule has 0 N–H and O–H groups in total. The summed E-state index contributed by atoms with van der Waals surface area (Å²) in [4.78, 5) is 26.9. The van der Waals surface area contributed by atoms with Crippen molar-refractivity contribution in [3.63, 3.8) is 0 Å². The Morgan fingerprint density at radius 3 is 2.19 bits per heavy atom. The van der Waals surface area contributed by atoms with E-state index in [1.54, 1.807) is 60.7 Å². The molecule has 32 heavy (non-hydrogen) atoms. The molecule has 5 rings (SSSR count). The highest BCUT2D eigenvalue weighted by Crippen LogP contribution is 2.33. The largest absolute Gasteiger partial charge is 0.270 e. The normalized spacial score (nSPS) is 15.7. The van der Waals surface area contributed by atoms with Gasteiger partial charge < -0.3 is 0 Å². The summed E-state index contributed by atoms with van der Waals surface area (Å²) in [5.41, 5.74) is 4.20. The van der Waals surface area contributed by atoms with Gasteiger partial charge in [0.15, 0.2) is 0 Å². The van der Waals surface area contributed by atoms with E-state index in [-0.39, 0.29) is 23.3 Å². The topological polar surface area (TPSA) is 74.8 Å². The van der Waals surface area contributed by atoms with E-state index >= 15 is 0 Å². The summed E-state index contributed by atoms with van der Waals surface area (Å²) in [5, 5.41) is 0. The smallest absolute Gasteiger partial charge is 0.264 e. The Bertz CT molecular complexity index is 1310. The molecule has 0 aliphatic carbocycles. The summed E-state index contributed by atoms with van der Waals surface area (Å²) < 4.78 is 28.0. The van der Waals surface area contributed by atoms with Gasteiger partial charge in [0.2, 0.25) is 0 Å². The van der Waals surface area contributed by atoms with Crippen molar-refractivity contribution < 1.29 is 18.0 Å². The molecule has 6 nitrogen and oxygen atoms in total. The number of carbonyl (C=O) groups excluding carboxylic acids is 2. The summed E-state index contributed by atoms with van der Waals surface area (Å²) in [6.07, 6.45) is 1.44.